The Kier molecular flexibility index (Phi) is 5.54. The lowest BCUT2D eigenvalue weighted by Gasteiger charge is -2.10. The Labute approximate surface area is 93.4 Å². The molecule has 1 aliphatic carbocycles. The minimum absolute atomic E-state index is 0.717. The van der Waals surface area contributed by atoms with Crippen molar-refractivity contribution >= 4 is 0 Å². The van der Waals surface area contributed by atoms with Crippen LogP contribution >= 0.6 is 0 Å². The predicted octanol–water partition coefficient (Wildman–Crippen LogP) is 4.59. The minimum atomic E-state index is 0.717. The van der Waals surface area contributed by atoms with Crippen molar-refractivity contribution in [1.29, 1.82) is 0 Å². The van der Waals surface area contributed by atoms with Crippen LogP contribution in [0.25, 0.3) is 0 Å². The summed E-state index contributed by atoms with van der Waals surface area (Å²) in [6.07, 6.45) is 20.4. The molecule has 0 aliphatic heterocycles. The van der Waals surface area contributed by atoms with E-state index in [1.54, 1.807) is 6.08 Å². The molecule has 1 atom stereocenters. The molecule has 0 N–H and O–H groups in total. The number of hydrogen-bond donors (Lipinski definition) is 0. The van der Waals surface area contributed by atoms with Crippen molar-refractivity contribution in [3.8, 4) is 0 Å². The van der Waals surface area contributed by atoms with Crippen molar-refractivity contribution in [3.63, 3.8) is 0 Å². The van der Waals surface area contributed by atoms with Crippen LogP contribution in [-0.4, -0.2) is 0 Å². The predicted molar refractivity (Wildman–Crippen MR) is 68.7 cm³/mol. The highest BCUT2D eigenvalue weighted by atomic mass is 14.1. The molecule has 0 nitrogen and oxygen atoms in total. The molecule has 0 bridgehead atoms. The highest BCUT2D eigenvalue weighted by Crippen LogP contribution is 2.19. The van der Waals surface area contributed by atoms with Gasteiger partial charge >= 0.3 is 0 Å². The monoisotopic (exact) mass is 200 g/mol. The van der Waals surface area contributed by atoms with Crippen molar-refractivity contribution in [2.45, 2.75) is 26.2 Å². The molecule has 0 radical (unpaired) electrons. The van der Waals surface area contributed by atoms with Crippen molar-refractivity contribution in [2.24, 2.45) is 5.92 Å². The first kappa shape index (κ1) is 11.8. The second-order valence-electron chi connectivity index (χ2n) is 3.94. The van der Waals surface area contributed by atoms with Crippen LogP contribution in [0.3, 0.4) is 0 Å². The molecular weight excluding hydrogens is 180 g/mol. The van der Waals surface area contributed by atoms with Gasteiger partial charge in [-0.25, -0.2) is 0 Å². The van der Waals surface area contributed by atoms with E-state index in [0.717, 1.165) is 18.8 Å². The lowest BCUT2D eigenvalue weighted by atomic mass is 9.95. The zero-order valence-electron chi connectivity index (χ0n) is 9.52. The van der Waals surface area contributed by atoms with Gasteiger partial charge in [-0.05, 0) is 25.2 Å². The summed E-state index contributed by atoms with van der Waals surface area (Å²) in [6, 6.07) is 0. The fraction of sp³-hybridized carbons (Fsp3) is 0.333. The molecular formula is C15H20. The third-order valence-corrected chi connectivity index (χ3v) is 2.43. The third kappa shape index (κ3) is 5.21. The van der Waals surface area contributed by atoms with Crippen LogP contribution in [-0.2, 0) is 0 Å². The van der Waals surface area contributed by atoms with Gasteiger partial charge in [0.25, 0.3) is 0 Å². The van der Waals surface area contributed by atoms with E-state index in [-0.39, 0.29) is 0 Å². The topological polar surface area (TPSA) is 0 Å². The number of rotatable bonds is 5. The molecule has 0 fully saturated rings. The Morgan fingerprint density at radius 2 is 2.27 bits per heavy atom. The van der Waals surface area contributed by atoms with E-state index in [1.807, 2.05) is 12.2 Å². The molecule has 0 heteroatoms. The van der Waals surface area contributed by atoms with Crippen LogP contribution in [0.5, 0.6) is 0 Å². The van der Waals surface area contributed by atoms with Gasteiger partial charge in [-0.1, -0.05) is 67.7 Å². The van der Waals surface area contributed by atoms with Gasteiger partial charge < -0.3 is 0 Å². The van der Waals surface area contributed by atoms with Crippen molar-refractivity contribution in [1.82, 2.24) is 0 Å². The van der Waals surface area contributed by atoms with Crippen molar-refractivity contribution < 1.29 is 0 Å². The maximum atomic E-state index is 3.62. The van der Waals surface area contributed by atoms with Crippen LogP contribution in [0.4, 0.5) is 0 Å². The first-order valence-electron chi connectivity index (χ1n) is 5.64. The molecule has 0 aromatic carbocycles. The smallest absolute Gasteiger partial charge is 0.0221 e. The van der Waals surface area contributed by atoms with Gasteiger partial charge in [0.2, 0.25) is 0 Å². The Morgan fingerprint density at radius 1 is 1.40 bits per heavy atom. The van der Waals surface area contributed by atoms with Crippen LogP contribution in [0.15, 0.2) is 60.8 Å². The maximum absolute atomic E-state index is 3.62. The van der Waals surface area contributed by atoms with Crippen LogP contribution in [0.1, 0.15) is 26.2 Å². The molecule has 15 heavy (non-hydrogen) atoms. The Hall–Kier alpha value is -1.30. The molecule has 0 heterocycles. The van der Waals surface area contributed by atoms with Crippen LogP contribution in [0, 0.1) is 5.92 Å². The zero-order valence-corrected chi connectivity index (χ0v) is 9.52. The zero-order chi connectivity index (χ0) is 10.9. The maximum Gasteiger partial charge on any atom is -0.0221 e. The summed E-state index contributed by atoms with van der Waals surface area (Å²) >= 11 is 0. The van der Waals surface area contributed by atoms with Gasteiger partial charge in [-0.2, -0.15) is 0 Å². The fourth-order valence-corrected chi connectivity index (χ4v) is 1.66. The summed E-state index contributed by atoms with van der Waals surface area (Å²) < 4.78 is 0. The normalized spacial score (nSPS) is 21.1. The summed E-state index contributed by atoms with van der Waals surface area (Å²) in [6.45, 7) is 5.89. The SMILES string of the molecule is C=C/C=C\C=C/CCC1=CC(C)CC=C1. The van der Waals surface area contributed by atoms with Crippen LogP contribution < -0.4 is 0 Å². The van der Waals surface area contributed by atoms with Crippen molar-refractivity contribution in [3.05, 3.63) is 60.8 Å². The Bertz CT molecular complexity index is 300. The molecule has 1 aliphatic rings. The quantitative estimate of drug-likeness (QED) is 0.569. The van der Waals surface area contributed by atoms with Gasteiger partial charge in [0, 0.05) is 0 Å². The summed E-state index contributed by atoms with van der Waals surface area (Å²) in [5, 5.41) is 0. The van der Waals surface area contributed by atoms with E-state index in [1.165, 1.54) is 12.0 Å². The molecule has 1 unspecified atom stereocenters. The van der Waals surface area contributed by atoms with Gasteiger partial charge in [-0.3, -0.25) is 0 Å². The molecule has 0 amide bonds. The minimum Gasteiger partial charge on any atom is -0.0991 e. The van der Waals surface area contributed by atoms with E-state index >= 15 is 0 Å². The average Bonchev–Trinajstić information content (AvgIpc) is 2.23. The second kappa shape index (κ2) is 7.05. The third-order valence-electron chi connectivity index (χ3n) is 2.43. The standard InChI is InChI=1S/C15H20/c1-3-4-5-6-7-8-11-15-12-9-10-14(2)13-15/h3-7,9,12-14H,1,8,10-11H2,2H3/b5-4-,7-6-. The van der Waals surface area contributed by atoms with Gasteiger partial charge in [-0.15, -0.1) is 0 Å². The van der Waals surface area contributed by atoms with Crippen molar-refractivity contribution in [2.75, 3.05) is 0 Å². The lowest BCUT2D eigenvalue weighted by Crippen LogP contribution is -1.94. The molecule has 0 saturated carbocycles. The summed E-state index contributed by atoms with van der Waals surface area (Å²) in [5.41, 5.74) is 1.48. The highest BCUT2D eigenvalue weighted by molar-refractivity contribution is 5.24. The van der Waals surface area contributed by atoms with Crippen LogP contribution in [0.2, 0.25) is 0 Å². The molecule has 1 rings (SSSR count). The first-order chi connectivity index (χ1) is 7.33. The lowest BCUT2D eigenvalue weighted by molar-refractivity contribution is 0.721. The second-order valence-corrected chi connectivity index (χ2v) is 3.94. The van der Waals surface area contributed by atoms with E-state index in [2.05, 4.69) is 43.9 Å². The Balaban J connectivity index is 2.25. The molecule has 80 valence electrons. The van der Waals surface area contributed by atoms with E-state index < -0.39 is 0 Å². The fourth-order valence-electron chi connectivity index (χ4n) is 1.66. The summed E-state index contributed by atoms with van der Waals surface area (Å²) in [7, 11) is 0. The molecule has 0 spiro atoms. The molecule has 0 aromatic rings. The number of allylic oxidation sites excluding steroid dienone is 9. The molecule has 0 saturated heterocycles. The van der Waals surface area contributed by atoms with E-state index in [4.69, 9.17) is 0 Å². The van der Waals surface area contributed by atoms with E-state index in [0.29, 0.717) is 0 Å². The highest BCUT2D eigenvalue weighted by Gasteiger charge is 2.02. The summed E-state index contributed by atoms with van der Waals surface area (Å²) in [4.78, 5) is 0. The van der Waals surface area contributed by atoms with Gasteiger partial charge in [0.1, 0.15) is 0 Å². The van der Waals surface area contributed by atoms with Gasteiger partial charge in [0.05, 0.1) is 0 Å². The van der Waals surface area contributed by atoms with E-state index in [9.17, 15) is 0 Å². The molecule has 0 aromatic heterocycles. The average molecular weight is 200 g/mol. The number of hydrogen-bond acceptors (Lipinski definition) is 0. The Morgan fingerprint density at radius 3 is 3.00 bits per heavy atom. The summed E-state index contributed by atoms with van der Waals surface area (Å²) in [5.74, 6) is 0.717. The largest absolute Gasteiger partial charge is 0.0991 e. The first-order valence-corrected chi connectivity index (χ1v) is 5.64. The van der Waals surface area contributed by atoms with Gasteiger partial charge in [0.15, 0.2) is 0 Å².